The number of epoxide rings is 1. The van der Waals surface area contributed by atoms with Crippen LogP contribution < -0.4 is 5.32 Å². The molecule has 0 aromatic heterocycles. The van der Waals surface area contributed by atoms with E-state index < -0.39 is 11.6 Å². The van der Waals surface area contributed by atoms with Gasteiger partial charge in [-0.05, 0) is 166 Å². The minimum absolute atomic E-state index is 0.0140. The molecule has 1 unspecified atom stereocenters. The number of carboxylic acid groups (broad SMARTS) is 1. The number of amides is 4. The van der Waals surface area contributed by atoms with Gasteiger partial charge in [0.15, 0.2) is 0 Å². The number of aliphatic carboxylic acids is 1. The molecule has 1 atom stereocenters. The van der Waals surface area contributed by atoms with Crippen LogP contribution in [0.25, 0.3) is 24.3 Å². The van der Waals surface area contributed by atoms with Crippen molar-refractivity contribution in [2.24, 2.45) is 27.1 Å². The number of rotatable bonds is 13. The first-order valence-corrected chi connectivity index (χ1v) is 37.4. The molecular weight excluding hydrogens is 1280 g/mol. The fraction of sp³-hybridized carbons (Fsp3) is 0.553. The number of nitrogens with one attached hydrogen (secondary N) is 1. The number of likely N-dealkylation sites (tertiary alicyclic amines) is 4. The number of carbonyl (C=O) groups excluding carboxylic acids is 5. The van der Waals surface area contributed by atoms with Gasteiger partial charge in [-0.15, -0.1) is 0 Å². The average molecular weight is 1420 g/mol. The van der Waals surface area contributed by atoms with Gasteiger partial charge in [-0.3, -0.25) is 14.4 Å². The van der Waals surface area contributed by atoms with Gasteiger partial charge < -0.3 is 59.6 Å². The van der Waals surface area contributed by atoms with E-state index in [4.69, 9.17) is 19.7 Å². The maximum Gasteiger partial charge on any atom is 0.410 e. The van der Waals surface area contributed by atoms with E-state index >= 15 is 0 Å². The monoisotopic (exact) mass is 1410 g/mol. The van der Waals surface area contributed by atoms with Crippen molar-refractivity contribution in [3.05, 3.63) is 168 Å². The molecule has 17 heteroatoms. The van der Waals surface area contributed by atoms with E-state index in [1.54, 1.807) is 29.2 Å². The van der Waals surface area contributed by atoms with Crippen molar-refractivity contribution in [1.29, 1.82) is 0 Å². The zero-order chi connectivity index (χ0) is 76.7. The molecule has 4 aromatic rings. The quantitative estimate of drug-likeness (QED) is 0.0477. The number of nitrogens with zero attached hydrogens (tertiary/aromatic N) is 4. The second-order valence-corrected chi connectivity index (χ2v) is 28.2. The van der Waals surface area contributed by atoms with Crippen LogP contribution in [0.3, 0.4) is 0 Å². The molecule has 6 aliphatic heterocycles. The first-order chi connectivity index (χ1) is 48.7. The van der Waals surface area contributed by atoms with Gasteiger partial charge >= 0.3 is 12.1 Å². The number of aldehydes is 1. The van der Waals surface area contributed by atoms with Crippen LogP contribution >= 0.6 is 0 Å². The number of hydrogen-bond acceptors (Lipinski definition) is 12. The van der Waals surface area contributed by atoms with Crippen molar-refractivity contribution < 1.29 is 58.7 Å². The first kappa shape index (κ1) is 92.5. The van der Waals surface area contributed by atoms with Crippen LogP contribution in [0, 0.1) is 27.1 Å². The van der Waals surface area contributed by atoms with Crippen molar-refractivity contribution in [1.82, 2.24) is 24.9 Å². The van der Waals surface area contributed by atoms with E-state index in [2.05, 4.69) is 33.0 Å². The van der Waals surface area contributed by atoms with Crippen LogP contribution in [0.1, 0.15) is 197 Å². The fourth-order valence-corrected chi connectivity index (χ4v) is 10.9. The Labute approximate surface area is 614 Å². The Bertz CT molecular complexity index is 3030. The van der Waals surface area contributed by atoms with Gasteiger partial charge in [-0.25, -0.2) is 9.59 Å². The minimum atomic E-state index is -0.922. The molecule has 0 radical (unpaired) electrons. The molecule has 6 fully saturated rings. The maximum absolute atomic E-state index is 12.2. The van der Waals surface area contributed by atoms with Crippen molar-refractivity contribution >= 4 is 60.4 Å². The fourth-order valence-electron chi connectivity index (χ4n) is 10.9. The summed E-state index contributed by atoms with van der Waals surface area (Å²) in [5, 5.41) is 39.0. The Kier molecular flexibility index (Phi) is 45.3. The van der Waals surface area contributed by atoms with E-state index in [0.717, 1.165) is 145 Å². The summed E-state index contributed by atoms with van der Waals surface area (Å²) in [5.74, 6) is -0.720. The predicted octanol–water partition coefficient (Wildman–Crippen LogP) is 15.8. The summed E-state index contributed by atoms with van der Waals surface area (Å²) in [6, 6.07) is 38.8. The molecule has 0 aliphatic carbocycles. The zero-order valence-electron chi connectivity index (χ0n) is 65.1. The highest BCUT2D eigenvalue weighted by Crippen LogP contribution is 2.42. The number of aliphatic hydroxyl groups is 3. The second-order valence-electron chi connectivity index (χ2n) is 28.2. The van der Waals surface area contributed by atoms with Crippen molar-refractivity contribution in [2.45, 2.75) is 187 Å². The predicted molar refractivity (Wildman–Crippen MR) is 419 cm³/mol. The van der Waals surface area contributed by atoms with Crippen LogP contribution in [0.2, 0.25) is 0 Å². The molecule has 102 heavy (non-hydrogen) atoms. The lowest BCUT2D eigenvalue weighted by atomic mass is 9.77. The van der Waals surface area contributed by atoms with E-state index in [1.807, 2.05) is 237 Å². The van der Waals surface area contributed by atoms with Gasteiger partial charge in [0.2, 0.25) is 17.7 Å². The number of carbonyl (C=O) groups is 6. The molecular formula is C85H131N5O12. The van der Waals surface area contributed by atoms with E-state index in [-0.39, 0.29) is 64.1 Å². The molecule has 6 saturated heterocycles. The first-order valence-electron chi connectivity index (χ1n) is 37.4. The molecule has 4 aromatic carbocycles. The maximum atomic E-state index is 12.2. The molecule has 0 spiro atoms. The van der Waals surface area contributed by atoms with Crippen LogP contribution in [0.15, 0.2) is 146 Å². The highest BCUT2D eigenvalue weighted by molar-refractivity contribution is 5.93. The number of aliphatic hydroxyl groups excluding tert-OH is 3. The third-order valence-corrected chi connectivity index (χ3v) is 18.6. The van der Waals surface area contributed by atoms with Crippen LogP contribution in [0.4, 0.5) is 4.79 Å². The lowest BCUT2D eigenvalue weighted by Gasteiger charge is -2.38. The molecule has 10 rings (SSSR count). The number of ether oxygens (including phenoxy) is 2. The van der Waals surface area contributed by atoms with Crippen LogP contribution in [-0.2, 0) is 33.4 Å². The zero-order valence-corrected chi connectivity index (χ0v) is 65.1. The molecule has 5 N–H and O–H groups in total. The number of piperidine rings is 5. The van der Waals surface area contributed by atoms with Gasteiger partial charge in [0, 0.05) is 102 Å². The molecule has 568 valence electrons. The van der Waals surface area contributed by atoms with Gasteiger partial charge in [-0.2, -0.15) is 0 Å². The summed E-state index contributed by atoms with van der Waals surface area (Å²) >= 11 is 0. The third-order valence-electron chi connectivity index (χ3n) is 18.6. The molecule has 17 nitrogen and oxygen atoms in total. The molecule has 0 saturated carbocycles. The molecule has 4 amide bonds. The van der Waals surface area contributed by atoms with Gasteiger partial charge in [0.1, 0.15) is 11.9 Å². The van der Waals surface area contributed by atoms with Gasteiger partial charge in [0.05, 0.1) is 12.7 Å². The minimum Gasteiger partial charge on any atom is -0.478 e. The summed E-state index contributed by atoms with van der Waals surface area (Å²) < 4.78 is 10.7. The summed E-state index contributed by atoms with van der Waals surface area (Å²) in [7, 11) is 0. The van der Waals surface area contributed by atoms with E-state index in [1.165, 1.54) is 0 Å². The lowest BCUT2D eigenvalue weighted by Crippen LogP contribution is -2.45. The Morgan fingerprint density at radius 2 is 0.725 bits per heavy atom. The van der Waals surface area contributed by atoms with Gasteiger partial charge in [0.25, 0.3) is 0 Å². The van der Waals surface area contributed by atoms with Crippen molar-refractivity contribution in [2.75, 3.05) is 91.9 Å². The normalized spacial score (nSPS) is 18.7. The van der Waals surface area contributed by atoms with Crippen molar-refractivity contribution in [3.63, 3.8) is 0 Å². The van der Waals surface area contributed by atoms with Crippen LogP contribution in [0.5, 0.6) is 0 Å². The highest BCUT2D eigenvalue weighted by atomic mass is 16.6. The summed E-state index contributed by atoms with van der Waals surface area (Å²) in [6.07, 6.45) is 23.6. The Hall–Kier alpha value is -7.54. The smallest absolute Gasteiger partial charge is 0.410 e. The summed E-state index contributed by atoms with van der Waals surface area (Å²) in [5.41, 5.74) is 3.78. The topological polar surface area (TPSA) is 230 Å². The standard InChI is InChI=1S/C17H21NO2.C16H21NO2.C16H19NO2.C12H23NO3.C9H8O2.C7H15NO.4C2H6/c1-17(15-13-20-15)9-11-18(12-10-17)16(19)8-7-14-5-3-2-4-6-14;2*1-16(13-18)9-11-17(12-10-16)15(19)8-7-14-5-3-2-4-6-14;1-11(2,3)16-10(15)13-7-5-12(4,9-14)6-8-13;10-9(11)7-6-8-4-2-1-3-5-8;1-7(6-9)2-4-8-5-3-7;4*1-2/h2-8,15H,9-13H2,1H3;2-8,18H,9-13H2,1H3;2-8,13H,9-12H2,1H3;14H,5-9H2,1-4H3;1-7H,(H,10,11);8-9H,2-6H2,1H3;4*1-2H3/b3*8-7+;;7-6+;;;;;. The van der Waals surface area contributed by atoms with Crippen LogP contribution in [-0.4, -0.2) is 180 Å². The van der Waals surface area contributed by atoms with E-state index in [0.29, 0.717) is 38.9 Å². The average Bonchev–Trinajstić information content (AvgIpc) is 1.63. The Morgan fingerprint density at radius 3 is 0.990 bits per heavy atom. The number of carboxylic acids is 1. The molecule has 6 aliphatic rings. The molecule has 0 bridgehead atoms. The second kappa shape index (κ2) is 50.0. The Balaban J connectivity index is 0.000000609. The number of benzene rings is 4. The van der Waals surface area contributed by atoms with Gasteiger partial charge in [-0.1, -0.05) is 211 Å². The molecule has 6 heterocycles. The summed E-state index contributed by atoms with van der Waals surface area (Å²) in [4.78, 5) is 76.4. The Morgan fingerprint density at radius 1 is 0.451 bits per heavy atom. The third kappa shape index (κ3) is 37.1. The number of hydrogen-bond donors (Lipinski definition) is 5. The summed E-state index contributed by atoms with van der Waals surface area (Å²) in [6.45, 7) is 41.7. The highest BCUT2D eigenvalue weighted by Gasteiger charge is 2.45. The lowest BCUT2D eigenvalue weighted by molar-refractivity contribution is -0.131. The largest absolute Gasteiger partial charge is 0.478 e. The SMILES string of the molecule is CC.CC.CC.CC.CC1(C2CO2)CCN(C(=O)/C=C/c2ccccc2)CC1.CC1(C=O)CCN(C(=O)/C=C/c2ccccc2)CC1.CC1(CO)CCN(C(=O)/C=C/c2ccccc2)CC1.CC1(CO)CCN(C(=O)OC(C)(C)C)CC1.CC1(CO)CCNCC1.O=C(O)/C=C/c1ccccc1. The van der Waals surface area contributed by atoms with E-state index in [9.17, 15) is 39.0 Å². The van der Waals surface area contributed by atoms with Crippen molar-refractivity contribution in [3.8, 4) is 0 Å².